The summed E-state index contributed by atoms with van der Waals surface area (Å²) >= 11 is 3.22. The molecule has 0 rings (SSSR count). The number of halogens is 1. The van der Waals surface area contributed by atoms with Crippen LogP contribution in [0.3, 0.4) is 0 Å². The maximum absolute atomic E-state index is 10.6. The molecule has 1 atom stereocenters. The monoisotopic (exact) mass is 252 g/mol. The average Bonchev–Trinajstić information content (AvgIpc) is 1.99. The Hall–Kier alpha value is -0.580. The van der Waals surface area contributed by atoms with E-state index in [4.69, 9.17) is 9.47 Å². The summed E-state index contributed by atoms with van der Waals surface area (Å²) in [5.74, 6) is -0.732. The molecule has 0 N–H and O–H groups in total. The summed E-state index contributed by atoms with van der Waals surface area (Å²) in [5.41, 5.74) is 0. The van der Waals surface area contributed by atoms with Crippen molar-refractivity contribution in [2.75, 3.05) is 11.9 Å². The van der Waals surface area contributed by atoms with Gasteiger partial charge in [-0.15, -0.1) is 0 Å². The first kappa shape index (κ1) is 12.4. The van der Waals surface area contributed by atoms with Crippen molar-refractivity contribution in [3.05, 3.63) is 0 Å². The summed E-state index contributed by atoms with van der Waals surface area (Å²) in [6.45, 7) is 2.77. The van der Waals surface area contributed by atoms with E-state index in [-0.39, 0.29) is 24.6 Å². The standard InChI is InChI=1S/C8H13BrO4/c1-6(10)12-5-8(3-4-9)13-7(2)11/h8H,3-5H2,1-2H3/t8-/m0/s1. The predicted octanol–water partition coefficient (Wildman–Crippen LogP) is 1.27. The Bertz CT molecular complexity index is 181. The smallest absolute Gasteiger partial charge is 0.303 e. The molecule has 0 unspecified atom stereocenters. The number of carbonyl (C=O) groups excluding carboxylic acids is 2. The highest BCUT2D eigenvalue weighted by Crippen LogP contribution is 2.03. The number of hydrogen-bond donors (Lipinski definition) is 0. The maximum atomic E-state index is 10.6. The molecule has 5 heteroatoms. The average molecular weight is 253 g/mol. The van der Waals surface area contributed by atoms with E-state index in [0.717, 1.165) is 0 Å². The van der Waals surface area contributed by atoms with Gasteiger partial charge in [0, 0.05) is 19.2 Å². The third kappa shape index (κ3) is 7.77. The van der Waals surface area contributed by atoms with Crippen molar-refractivity contribution >= 4 is 27.9 Å². The molecule has 0 aliphatic rings. The molecule has 0 saturated carbocycles. The van der Waals surface area contributed by atoms with Gasteiger partial charge in [-0.05, 0) is 6.42 Å². The van der Waals surface area contributed by atoms with Crippen LogP contribution in [-0.4, -0.2) is 30.0 Å². The van der Waals surface area contributed by atoms with Gasteiger partial charge < -0.3 is 9.47 Å². The van der Waals surface area contributed by atoms with Crippen LogP contribution < -0.4 is 0 Å². The minimum Gasteiger partial charge on any atom is -0.462 e. The molecular formula is C8H13BrO4. The van der Waals surface area contributed by atoms with E-state index < -0.39 is 0 Å². The number of ether oxygens (including phenoxy) is 2. The molecule has 0 heterocycles. The van der Waals surface area contributed by atoms with Gasteiger partial charge in [0.05, 0.1) is 0 Å². The van der Waals surface area contributed by atoms with E-state index in [0.29, 0.717) is 11.8 Å². The van der Waals surface area contributed by atoms with Crippen LogP contribution in [-0.2, 0) is 19.1 Å². The number of alkyl halides is 1. The lowest BCUT2D eigenvalue weighted by Crippen LogP contribution is -2.24. The Kier molecular flexibility index (Phi) is 6.58. The third-order valence-electron chi connectivity index (χ3n) is 1.24. The van der Waals surface area contributed by atoms with E-state index in [1.807, 2.05) is 0 Å². The van der Waals surface area contributed by atoms with Crippen molar-refractivity contribution < 1.29 is 19.1 Å². The molecule has 0 aliphatic heterocycles. The van der Waals surface area contributed by atoms with Crippen LogP contribution in [0.5, 0.6) is 0 Å². The molecule has 0 aliphatic carbocycles. The number of carbonyl (C=O) groups is 2. The van der Waals surface area contributed by atoms with Crippen LogP contribution in [0.25, 0.3) is 0 Å². The van der Waals surface area contributed by atoms with Crippen molar-refractivity contribution in [3.8, 4) is 0 Å². The molecule has 4 nitrogen and oxygen atoms in total. The Balaban J connectivity index is 3.79. The third-order valence-corrected chi connectivity index (χ3v) is 1.69. The Morgan fingerprint density at radius 1 is 1.31 bits per heavy atom. The zero-order valence-corrected chi connectivity index (χ0v) is 9.30. The minimum absolute atomic E-state index is 0.126. The van der Waals surface area contributed by atoms with Crippen LogP contribution in [0.15, 0.2) is 0 Å². The number of rotatable bonds is 5. The zero-order valence-electron chi connectivity index (χ0n) is 7.71. The fourth-order valence-electron chi connectivity index (χ4n) is 0.743. The Morgan fingerprint density at radius 2 is 1.92 bits per heavy atom. The van der Waals surface area contributed by atoms with Gasteiger partial charge in [0.25, 0.3) is 0 Å². The Labute approximate surface area is 85.7 Å². The second kappa shape index (κ2) is 6.88. The van der Waals surface area contributed by atoms with E-state index >= 15 is 0 Å². The largest absolute Gasteiger partial charge is 0.462 e. The second-order valence-electron chi connectivity index (χ2n) is 2.51. The summed E-state index contributed by atoms with van der Waals surface area (Å²) < 4.78 is 9.62. The first-order valence-corrected chi connectivity index (χ1v) is 5.05. The lowest BCUT2D eigenvalue weighted by Gasteiger charge is -2.14. The number of esters is 2. The van der Waals surface area contributed by atoms with Crippen molar-refractivity contribution in [1.82, 2.24) is 0 Å². The minimum atomic E-state index is -0.369. The topological polar surface area (TPSA) is 52.6 Å². The molecule has 0 aromatic heterocycles. The van der Waals surface area contributed by atoms with Gasteiger partial charge in [-0.1, -0.05) is 15.9 Å². The van der Waals surface area contributed by atoms with Gasteiger partial charge in [0.2, 0.25) is 0 Å². The van der Waals surface area contributed by atoms with E-state index in [1.54, 1.807) is 0 Å². The van der Waals surface area contributed by atoms with Gasteiger partial charge in [-0.2, -0.15) is 0 Å². The van der Waals surface area contributed by atoms with Gasteiger partial charge in [-0.3, -0.25) is 9.59 Å². The second-order valence-corrected chi connectivity index (χ2v) is 3.30. The van der Waals surface area contributed by atoms with Crippen LogP contribution in [0.4, 0.5) is 0 Å². The van der Waals surface area contributed by atoms with Gasteiger partial charge in [-0.25, -0.2) is 0 Å². The van der Waals surface area contributed by atoms with Crippen LogP contribution in [0.2, 0.25) is 0 Å². The first-order valence-electron chi connectivity index (χ1n) is 3.92. The molecule has 0 bridgehead atoms. The molecule has 0 aromatic carbocycles. The van der Waals surface area contributed by atoms with E-state index in [9.17, 15) is 9.59 Å². The van der Waals surface area contributed by atoms with Crippen molar-refractivity contribution in [2.24, 2.45) is 0 Å². The molecule has 0 aromatic rings. The fraction of sp³-hybridized carbons (Fsp3) is 0.750. The molecule has 0 radical (unpaired) electrons. The molecular weight excluding hydrogens is 240 g/mol. The molecule has 13 heavy (non-hydrogen) atoms. The van der Waals surface area contributed by atoms with Crippen molar-refractivity contribution in [3.63, 3.8) is 0 Å². The molecule has 0 amide bonds. The van der Waals surface area contributed by atoms with Gasteiger partial charge >= 0.3 is 11.9 Å². The Morgan fingerprint density at radius 3 is 2.31 bits per heavy atom. The summed E-state index contributed by atoms with van der Waals surface area (Å²) in [6, 6.07) is 0. The normalized spacial score (nSPS) is 11.9. The summed E-state index contributed by atoms with van der Waals surface area (Å²) in [7, 11) is 0. The van der Waals surface area contributed by atoms with Gasteiger partial charge in [0.15, 0.2) is 0 Å². The molecule has 0 fully saturated rings. The zero-order chi connectivity index (χ0) is 10.3. The predicted molar refractivity (Wildman–Crippen MR) is 50.6 cm³/mol. The highest BCUT2D eigenvalue weighted by molar-refractivity contribution is 9.09. The molecule has 0 saturated heterocycles. The highest BCUT2D eigenvalue weighted by atomic mass is 79.9. The SMILES string of the molecule is CC(=O)OC[C@H](CCBr)OC(C)=O. The summed E-state index contributed by atoms with van der Waals surface area (Å²) in [6.07, 6.45) is 0.285. The molecule has 0 spiro atoms. The van der Waals surface area contributed by atoms with Crippen LogP contribution >= 0.6 is 15.9 Å². The lowest BCUT2D eigenvalue weighted by atomic mass is 10.3. The quantitative estimate of drug-likeness (QED) is 0.546. The molecule has 76 valence electrons. The van der Waals surface area contributed by atoms with Crippen LogP contribution in [0.1, 0.15) is 20.3 Å². The lowest BCUT2D eigenvalue weighted by molar-refractivity contribution is -0.156. The van der Waals surface area contributed by atoms with Gasteiger partial charge in [0.1, 0.15) is 12.7 Å². The highest BCUT2D eigenvalue weighted by Gasteiger charge is 2.12. The maximum Gasteiger partial charge on any atom is 0.303 e. The first-order chi connectivity index (χ1) is 6.06. The summed E-state index contributed by atoms with van der Waals surface area (Å²) in [4.78, 5) is 21.1. The van der Waals surface area contributed by atoms with E-state index in [1.165, 1.54) is 13.8 Å². The fourth-order valence-corrected chi connectivity index (χ4v) is 1.25. The van der Waals surface area contributed by atoms with E-state index in [2.05, 4.69) is 15.9 Å². The van der Waals surface area contributed by atoms with Crippen molar-refractivity contribution in [2.45, 2.75) is 26.4 Å². The van der Waals surface area contributed by atoms with Crippen LogP contribution in [0, 0.1) is 0 Å². The number of hydrogen-bond acceptors (Lipinski definition) is 4. The summed E-state index contributed by atoms with van der Waals surface area (Å²) in [5, 5.41) is 0.701. The van der Waals surface area contributed by atoms with Crippen molar-refractivity contribution in [1.29, 1.82) is 0 Å².